The third-order valence-electron chi connectivity index (χ3n) is 1.71. The maximum Gasteiger partial charge on any atom is -0.00747 e. The van der Waals surface area contributed by atoms with Crippen LogP contribution in [0.2, 0.25) is 0 Å². The number of rotatable bonds is 5. The molecule has 0 spiro atoms. The molecule has 1 atom stereocenters. The van der Waals surface area contributed by atoms with Crippen molar-refractivity contribution in [3.63, 3.8) is 0 Å². The molecule has 0 bridgehead atoms. The van der Waals surface area contributed by atoms with Gasteiger partial charge in [-0.3, -0.25) is 0 Å². The largest absolute Gasteiger partial charge is 0.330 e. The minimum Gasteiger partial charge on any atom is -0.330 e. The summed E-state index contributed by atoms with van der Waals surface area (Å²) in [4.78, 5) is 0. The summed E-state index contributed by atoms with van der Waals surface area (Å²) >= 11 is 0. The second-order valence-electron chi connectivity index (χ2n) is 2.82. The van der Waals surface area contributed by atoms with E-state index in [4.69, 9.17) is 5.73 Å². The van der Waals surface area contributed by atoms with E-state index in [0.29, 0.717) is 0 Å². The first kappa shape index (κ1) is 8.96. The third kappa shape index (κ3) is 5.84. The fourth-order valence-corrected chi connectivity index (χ4v) is 0.981. The van der Waals surface area contributed by atoms with Crippen LogP contribution in [0.3, 0.4) is 0 Å². The highest BCUT2D eigenvalue weighted by molar-refractivity contribution is 4.52. The highest BCUT2D eigenvalue weighted by atomic mass is 14.5. The SMILES string of the molecule is CCCCC(C)CCN. The summed E-state index contributed by atoms with van der Waals surface area (Å²) in [6.07, 6.45) is 5.23. The quantitative estimate of drug-likeness (QED) is 0.605. The average Bonchev–Trinajstić information content (AvgIpc) is 1.85. The van der Waals surface area contributed by atoms with Crippen molar-refractivity contribution in [3.8, 4) is 0 Å². The fraction of sp³-hybridized carbons (Fsp3) is 1.00. The predicted molar refractivity (Wildman–Crippen MR) is 42.4 cm³/mol. The van der Waals surface area contributed by atoms with E-state index in [-0.39, 0.29) is 0 Å². The van der Waals surface area contributed by atoms with Gasteiger partial charge in [0, 0.05) is 0 Å². The monoisotopic (exact) mass is 129 g/mol. The van der Waals surface area contributed by atoms with Crippen LogP contribution >= 0.6 is 0 Å². The topological polar surface area (TPSA) is 26.0 Å². The molecular weight excluding hydrogens is 110 g/mol. The molecule has 9 heavy (non-hydrogen) atoms. The Labute approximate surface area is 58.6 Å². The van der Waals surface area contributed by atoms with Crippen molar-refractivity contribution in [1.29, 1.82) is 0 Å². The van der Waals surface area contributed by atoms with Crippen molar-refractivity contribution in [2.75, 3.05) is 6.54 Å². The molecule has 0 aliphatic heterocycles. The van der Waals surface area contributed by atoms with Crippen molar-refractivity contribution in [2.45, 2.75) is 39.5 Å². The van der Waals surface area contributed by atoms with Crippen LogP contribution in [0, 0.1) is 5.92 Å². The summed E-state index contributed by atoms with van der Waals surface area (Å²) in [5.41, 5.74) is 5.40. The van der Waals surface area contributed by atoms with E-state index in [1.54, 1.807) is 0 Å². The van der Waals surface area contributed by atoms with E-state index in [1.165, 1.54) is 25.7 Å². The summed E-state index contributed by atoms with van der Waals surface area (Å²) in [6.45, 7) is 5.36. The molecule has 0 rings (SSSR count). The number of unbranched alkanes of at least 4 members (excludes halogenated alkanes) is 1. The maximum absolute atomic E-state index is 5.40. The van der Waals surface area contributed by atoms with Gasteiger partial charge in [-0.15, -0.1) is 0 Å². The Balaban J connectivity index is 2.95. The third-order valence-corrected chi connectivity index (χ3v) is 1.71. The van der Waals surface area contributed by atoms with E-state index in [0.717, 1.165) is 12.5 Å². The molecule has 0 radical (unpaired) electrons. The lowest BCUT2D eigenvalue weighted by atomic mass is 10.0. The Morgan fingerprint density at radius 1 is 1.33 bits per heavy atom. The lowest BCUT2D eigenvalue weighted by Crippen LogP contribution is -2.05. The molecule has 2 N–H and O–H groups in total. The Hall–Kier alpha value is -0.0400. The van der Waals surface area contributed by atoms with Gasteiger partial charge in [0.15, 0.2) is 0 Å². The van der Waals surface area contributed by atoms with Gasteiger partial charge in [0.25, 0.3) is 0 Å². The molecular formula is C8H19N. The second-order valence-corrected chi connectivity index (χ2v) is 2.82. The van der Waals surface area contributed by atoms with Gasteiger partial charge in [-0.2, -0.15) is 0 Å². The summed E-state index contributed by atoms with van der Waals surface area (Å²) in [5, 5.41) is 0. The maximum atomic E-state index is 5.40. The minimum absolute atomic E-state index is 0.843. The molecule has 0 aliphatic carbocycles. The summed E-state index contributed by atoms with van der Waals surface area (Å²) in [7, 11) is 0. The fourth-order valence-electron chi connectivity index (χ4n) is 0.981. The van der Waals surface area contributed by atoms with Gasteiger partial charge in [-0.05, 0) is 18.9 Å². The Bertz CT molecular complexity index is 52.5. The van der Waals surface area contributed by atoms with Crippen LogP contribution in [0.5, 0.6) is 0 Å². The van der Waals surface area contributed by atoms with Gasteiger partial charge in [0.05, 0.1) is 0 Å². The van der Waals surface area contributed by atoms with E-state index >= 15 is 0 Å². The van der Waals surface area contributed by atoms with Crippen molar-refractivity contribution >= 4 is 0 Å². The normalized spacial score (nSPS) is 13.7. The molecule has 0 aliphatic rings. The van der Waals surface area contributed by atoms with Crippen LogP contribution in [-0.4, -0.2) is 6.54 Å². The molecule has 0 aromatic carbocycles. The van der Waals surface area contributed by atoms with Gasteiger partial charge >= 0.3 is 0 Å². The van der Waals surface area contributed by atoms with Crippen LogP contribution in [0.1, 0.15) is 39.5 Å². The zero-order chi connectivity index (χ0) is 7.11. The van der Waals surface area contributed by atoms with Crippen LogP contribution in [-0.2, 0) is 0 Å². The van der Waals surface area contributed by atoms with Crippen LogP contribution in [0.15, 0.2) is 0 Å². The number of nitrogens with two attached hydrogens (primary N) is 1. The number of hydrogen-bond acceptors (Lipinski definition) is 1. The molecule has 1 unspecified atom stereocenters. The van der Waals surface area contributed by atoms with E-state index < -0.39 is 0 Å². The summed E-state index contributed by atoms with van der Waals surface area (Å²) in [6, 6.07) is 0. The Morgan fingerprint density at radius 3 is 2.44 bits per heavy atom. The predicted octanol–water partition coefficient (Wildman–Crippen LogP) is 2.16. The van der Waals surface area contributed by atoms with E-state index in [1.807, 2.05) is 0 Å². The molecule has 0 saturated carbocycles. The Morgan fingerprint density at radius 2 is 2.00 bits per heavy atom. The van der Waals surface area contributed by atoms with Gasteiger partial charge < -0.3 is 5.73 Å². The van der Waals surface area contributed by atoms with Crippen molar-refractivity contribution in [1.82, 2.24) is 0 Å². The molecule has 0 fully saturated rings. The molecule has 1 heteroatoms. The molecule has 56 valence electrons. The lowest BCUT2D eigenvalue weighted by molar-refractivity contribution is 0.478. The zero-order valence-corrected chi connectivity index (χ0v) is 6.69. The first-order valence-electron chi connectivity index (χ1n) is 4.01. The molecule has 0 saturated heterocycles. The van der Waals surface area contributed by atoms with E-state index in [2.05, 4.69) is 13.8 Å². The molecule has 0 aromatic heterocycles. The van der Waals surface area contributed by atoms with Gasteiger partial charge in [0.1, 0.15) is 0 Å². The van der Waals surface area contributed by atoms with Crippen molar-refractivity contribution in [2.24, 2.45) is 11.7 Å². The smallest absolute Gasteiger partial charge is 0.00747 e. The lowest BCUT2D eigenvalue weighted by Gasteiger charge is -2.06. The summed E-state index contributed by atoms with van der Waals surface area (Å²) < 4.78 is 0. The standard InChI is InChI=1S/C8H19N/c1-3-4-5-8(2)6-7-9/h8H,3-7,9H2,1-2H3. The summed E-state index contributed by atoms with van der Waals surface area (Å²) in [5.74, 6) is 0.843. The van der Waals surface area contributed by atoms with Crippen molar-refractivity contribution < 1.29 is 0 Å². The van der Waals surface area contributed by atoms with Crippen LogP contribution < -0.4 is 5.73 Å². The minimum atomic E-state index is 0.843. The Kier molecular flexibility index (Phi) is 6.06. The van der Waals surface area contributed by atoms with Crippen LogP contribution in [0.4, 0.5) is 0 Å². The highest BCUT2D eigenvalue weighted by Crippen LogP contribution is 2.09. The molecule has 0 aromatic rings. The highest BCUT2D eigenvalue weighted by Gasteiger charge is 1.97. The molecule has 1 nitrogen and oxygen atoms in total. The van der Waals surface area contributed by atoms with Crippen LogP contribution in [0.25, 0.3) is 0 Å². The number of hydrogen-bond donors (Lipinski definition) is 1. The molecule has 0 heterocycles. The van der Waals surface area contributed by atoms with Crippen molar-refractivity contribution in [3.05, 3.63) is 0 Å². The van der Waals surface area contributed by atoms with E-state index in [9.17, 15) is 0 Å². The average molecular weight is 129 g/mol. The zero-order valence-electron chi connectivity index (χ0n) is 6.69. The van der Waals surface area contributed by atoms with Gasteiger partial charge in [-0.25, -0.2) is 0 Å². The first-order chi connectivity index (χ1) is 4.31. The van der Waals surface area contributed by atoms with Gasteiger partial charge in [-0.1, -0.05) is 33.1 Å². The first-order valence-corrected chi connectivity index (χ1v) is 4.01. The second kappa shape index (κ2) is 6.09. The molecule has 0 amide bonds. The van der Waals surface area contributed by atoms with Gasteiger partial charge in [0.2, 0.25) is 0 Å².